The first-order valence-corrected chi connectivity index (χ1v) is 35.0. The van der Waals surface area contributed by atoms with E-state index < -0.39 is 6.10 Å². The van der Waals surface area contributed by atoms with E-state index in [1.165, 1.54) is 276 Å². The third-order valence-electron chi connectivity index (χ3n) is 15.9. The maximum atomic E-state index is 12.9. The molecule has 78 heavy (non-hydrogen) atoms. The zero-order valence-electron chi connectivity index (χ0n) is 52.7. The predicted molar refractivity (Wildman–Crippen MR) is 339 cm³/mol. The van der Waals surface area contributed by atoms with Crippen molar-refractivity contribution in [3.05, 3.63) is 36.5 Å². The molecule has 1 atom stereocenters. The van der Waals surface area contributed by atoms with Crippen LogP contribution >= 0.6 is 0 Å². The predicted octanol–water partition coefficient (Wildman–Crippen LogP) is 23.9. The minimum absolute atomic E-state index is 0.0708. The Balaban J connectivity index is 4.21. The second-order valence-electron chi connectivity index (χ2n) is 23.8. The van der Waals surface area contributed by atoms with Crippen molar-refractivity contribution in [1.82, 2.24) is 0 Å². The van der Waals surface area contributed by atoms with Crippen molar-refractivity contribution in [2.24, 2.45) is 0 Å². The molecule has 6 heteroatoms. The third kappa shape index (κ3) is 64.5. The molecule has 0 saturated heterocycles. The van der Waals surface area contributed by atoms with Gasteiger partial charge in [-0.05, 0) is 77.0 Å². The van der Waals surface area contributed by atoms with Gasteiger partial charge in [-0.15, -0.1) is 0 Å². The van der Waals surface area contributed by atoms with Gasteiger partial charge in [0, 0.05) is 19.3 Å². The maximum Gasteiger partial charge on any atom is 0.306 e. The summed E-state index contributed by atoms with van der Waals surface area (Å²) in [4.78, 5) is 38.4. The van der Waals surface area contributed by atoms with Crippen molar-refractivity contribution in [3.63, 3.8) is 0 Å². The first-order chi connectivity index (χ1) is 38.5. The second kappa shape index (κ2) is 67.1. The number of carbonyl (C=O) groups is 3. The van der Waals surface area contributed by atoms with Crippen LogP contribution in [-0.2, 0) is 28.6 Å². The quantitative estimate of drug-likeness (QED) is 0.0261. The average molecular weight is 1100 g/mol. The molecule has 0 N–H and O–H groups in total. The average Bonchev–Trinajstić information content (AvgIpc) is 3.44. The minimum atomic E-state index is -0.775. The van der Waals surface area contributed by atoms with Crippen LogP contribution in [0.3, 0.4) is 0 Å². The van der Waals surface area contributed by atoms with Gasteiger partial charge in [0.05, 0.1) is 0 Å². The molecule has 0 aliphatic heterocycles. The molecule has 0 aliphatic rings. The van der Waals surface area contributed by atoms with Crippen molar-refractivity contribution in [2.75, 3.05) is 13.2 Å². The number of carbonyl (C=O) groups excluding carboxylic acids is 3. The molecule has 0 heterocycles. The maximum absolute atomic E-state index is 12.9. The van der Waals surface area contributed by atoms with Crippen LogP contribution < -0.4 is 0 Å². The van der Waals surface area contributed by atoms with E-state index in [-0.39, 0.29) is 31.1 Å². The molecule has 0 aromatic rings. The third-order valence-corrected chi connectivity index (χ3v) is 15.9. The smallest absolute Gasteiger partial charge is 0.306 e. The van der Waals surface area contributed by atoms with E-state index in [1.807, 2.05) is 0 Å². The van der Waals surface area contributed by atoms with Gasteiger partial charge in [0.1, 0.15) is 13.2 Å². The summed E-state index contributed by atoms with van der Waals surface area (Å²) in [5, 5.41) is 0. The Hall–Kier alpha value is -2.37. The highest BCUT2D eigenvalue weighted by Crippen LogP contribution is 2.18. The lowest BCUT2D eigenvalue weighted by atomic mass is 10.0. The Kier molecular flexibility index (Phi) is 65.1. The Labute approximate surface area is 486 Å². The van der Waals surface area contributed by atoms with Crippen molar-refractivity contribution in [1.29, 1.82) is 0 Å². The van der Waals surface area contributed by atoms with E-state index in [4.69, 9.17) is 14.2 Å². The zero-order valence-corrected chi connectivity index (χ0v) is 52.7. The van der Waals surface area contributed by atoms with Crippen molar-refractivity contribution in [3.8, 4) is 0 Å². The number of unbranched alkanes of at least 4 members (excludes halogenated alkanes) is 48. The van der Waals surface area contributed by atoms with Crippen LogP contribution in [0.2, 0.25) is 0 Å². The van der Waals surface area contributed by atoms with Gasteiger partial charge in [-0.1, -0.05) is 327 Å². The normalized spacial score (nSPS) is 12.2. The van der Waals surface area contributed by atoms with Gasteiger partial charge in [-0.2, -0.15) is 0 Å². The molecule has 0 rings (SSSR count). The summed E-state index contributed by atoms with van der Waals surface area (Å²) in [6, 6.07) is 0. The van der Waals surface area contributed by atoms with Gasteiger partial charge in [0.2, 0.25) is 0 Å². The van der Waals surface area contributed by atoms with Crippen molar-refractivity contribution in [2.45, 2.75) is 393 Å². The number of esters is 3. The lowest BCUT2D eigenvalue weighted by Crippen LogP contribution is -2.30. The van der Waals surface area contributed by atoms with E-state index in [9.17, 15) is 14.4 Å². The van der Waals surface area contributed by atoms with Crippen LogP contribution in [-0.4, -0.2) is 37.2 Å². The van der Waals surface area contributed by atoms with Crippen molar-refractivity contribution < 1.29 is 28.6 Å². The summed E-state index contributed by atoms with van der Waals surface area (Å²) < 4.78 is 17.0. The summed E-state index contributed by atoms with van der Waals surface area (Å²) >= 11 is 0. The van der Waals surface area contributed by atoms with E-state index in [0.717, 1.165) is 70.6 Å². The molecule has 0 bridgehead atoms. The summed E-state index contributed by atoms with van der Waals surface area (Å²) in [5.41, 5.74) is 0. The fourth-order valence-electron chi connectivity index (χ4n) is 10.6. The summed E-state index contributed by atoms with van der Waals surface area (Å²) in [6.07, 6.45) is 83.2. The fourth-order valence-corrected chi connectivity index (χ4v) is 10.6. The van der Waals surface area contributed by atoms with Crippen LogP contribution in [0.5, 0.6) is 0 Å². The molecule has 0 aromatic heterocycles. The number of rotatable bonds is 65. The first kappa shape index (κ1) is 75.6. The number of allylic oxidation sites excluding steroid dienone is 6. The van der Waals surface area contributed by atoms with Crippen LogP contribution in [0, 0.1) is 0 Å². The summed E-state index contributed by atoms with van der Waals surface area (Å²) in [7, 11) is 0. The number of hydrogen-bond donors (Lipinski definition) is 0. The molecule has 0 fully saturated rings. The van der Waals surface area contributed by atoms with E-state index in [0.29, 0.717) is 19.3 Å². The first-order valence-electron chi connectivity index (χ1n) is 35.0. The Morgan fingerprint density at radius 3 is 0.744 bits per heavy atom. The van der Waals surface area contributed by atoms with Gasteiger partial charge in [-0.3, -0.25) is 14.4 Å². The number of hydrogen-bond acceptors (Lipinski definition) is 6. The van der Waals surface area contributed by atoms with Gasteiger partial charge in [0.25, 0.3) is 0 Å². The van der Waals surface area contributed by atoms with E-state index in [1.54, 1.807) is 0 Å². The topological polar surface area (TPSA) is 78.9 Å². The standard InChI is InChI=1S/C72H134O6/c1-4-7-10-13-16-19-22-25-27-29-31-33-35-36-38-39-41-43-45-47-50-53-56-59-62-65-71(74)77-68-69(67-76-70(73)64-61-58-55-52-49-24-21-18-15-12-9-6-3)78-72(75)66-63-60-57-54-51-48-46-44-42-40-37-34-32-30-28-26-23-20-17-14-11-8-5-2/h18,21,23,26,30,32,69H,4-17,19-20,22,24-25,27-29,31,33-68H2,1-3H3/b21-18-,26-23-,32-30-. The molecule has 0 aliphatic carbocycles. The highest BCUT2D eigenvalue weighted by atomic mass is 16.6. The van der Waals surface area contributed by atoms with Crippen LogP contribution in [0.1, 0.15) is 387 Å². The SMILES string of the molecule is CCCCC/C=C\CCCCCCCC(=O)OCC(COC(=O)CCCCCCCCCCCCCCCCCCCCCCCCCCC)OC(=O)CCCCCCCCCCCCC/C=C\C/C=C\CCCCCCC. The molecule has 0 radical (unpaired) electrons. The Bertz CT molecular complexity index is 1300. The zero-order chi connectivity index (χ0) is 56.4. The van der Waals surface area contributed by atoms with Crippen LogP contribution in [0.25, 0.3) is 0 Å². The Morgan fingerprint density at radius 1 is 0.256 bits per heavy atom. The molecule has 458 valence electrons. The van der Waals surface area contributed by atoms with Gasteiger partial charge in [0.15, 0.2) is 6.10 Å². The highest BCUT2D eigenvalue weighted by molar-refractivity contribution is 5.71. The van der Waals surface area contributed by atoms with E-state index >= 15 is 0 Å². The molecule has 0 spiro atoms. The molecular formula is C72H134O6. The minimum Gasteiger partial charge on any atom is -0.462 e. The molecule has 1 unspecified atom stereocenters. The molecule has 0 saturated carbocycles. The number of ether oxygens (including phenoxy) is 3. The molecular weight excluding hydrogens is 961 g/mol. The van der Waals surface area contributed by atoms with Gasteiger partial charge < -0.3 is 14.2 Å². The summed E-state index contributed by atoms with van der Waals surface area (Å²) in [5.74, 6) is -0.856. The van der Waals surface area contributed by atoms with Gasteiger partial charge in [-0.25, -0.2) is 0 Å². The fraction of sp³-hybridized carbons (Fsp3) is 0.875. The monoisotopic (exact) mass is 1100 g/mol. The highest BCUT2D eigenvalue weighted by Gasteiger charge is 2.19. The lowest BCUT2D eigenvalue weighted by molar-refractivity contribution is -0.167. The molecule has 0 amide bonds. The van der Waals surface area contributed by atoms with Crippen molar-refractivity contribution >= 4 is 17.9 Å². The second-order valence-corrected chi connectivity index (χ2v) is 23.8. The lowest BCUT2D eigenvalue weighted by Gasteiger charge is -2.18. The van der Waals surface area contributed by atoms with Crippen LogP contribution in [0.15, 0.2) is 36.5 Å². The summed E-state index contributed by atoms with van der Waals surface area (Å²) in [6.45, 7) is 6.67. The van der Waals surface area contributed by atoms with Crippen LogP contribution in [0.4, 0.5) is 0 Å². The molecule has 6 nitrogen and oxygen atoms in total. The van der Waals surface area contributed by atoms with E-state index in [2.05, 4.69) is 57.2 Å². The largest absolute Gasteiger partial charge is 0.462 e. The molecule has 0 aromatic carbocycles. The Morgan fingerprint density at radius 2 is 0.462 bits per heavy atom. The van der Waals surface area contributed by atoms with Gasteiger partial charge >= 0.3 is 17.9 Å².